The molecule has 0 bridgehead atoms. The molecule has 21 heavy (non-hydrogen) atoms. The van der Waals surface area contributed by atoms with E-state index in [1.54, 1.807) is 0 Å². The minimum Gasteiger partial charge on any atom is -0.314 e. The van der Waals surface area contributed by atoms with Gasteiger partial charge in [0.25, 0.3) is 0 Å². The van der Waals surface area contributed by atoms with E-state index in [1.807, 2.05) is 0 Å². The second-order valence-corrected chi connectivity index (χ2v) is 5.75. The van der Waals surface area contributed by atoms with Crippen molar-refractivity contribution in [1.29, 1.82) is 5.26 Å². The Bertz CT molecular complexity index is 533. The first-order valence-electron chi connectivity index (χ1n) is 6.62. The Labute approximate surface area is 129 Å². The van der Waals surface area contributed by atoms with Crippen LogP contribution in [0, 0.1) is 11.3 Å². The summed E-state index contributed by atoms with van der Waals surface area (Å²) in [5, 5.41) is 12.2. The summed E-state index contributed by atoms with van der Waals surface area (Å²) in [5.41, 5.74) is -0.160. The maximum absolute atomic E-state index is 12.9. The summed E-state index contributed by atoms with van der Waals surface area (Å²) in [6.07, 6.45) is -4.21. The number of halogens is 4. The van der Waals surface area contributed by atoms with Crippen LogP contribution in [-0.4, -0.2) is 31.1 Å². The quantitative estimate of drug-likeness (QED) is 0.897. The Kier molecular flexibility index (Phi) is 5.25. The van der Waals surface area contributed by atoms with Gasteiger partial charge in [-0.15, -0.1) is 0 Å². The molecule has 0 unspecified atom stereocenters. The summed E-state index contributed by atoms with van der Waals surface area (Å²) in [6.45, 7) is 2.99. The molecule has 7 heteroatoms. The molecule has 3 nitrogen and oxygen atoms in total. The van der Waals surface area contributed by atoms with Crippen molar-refractivity contribution in [2.75, 3.05) is 26.2 Å². The fourth-order valence-electron chi connectivity index (χ4n) is 2.49. The Morgan fingerprint density at radius 3 is 2.57 bits per heavy atom. The smallest absolute Gasteiger partial charge is 0.314 e. The molecule has 0 saturated carbocycles. The molecular weight excluding hydrogens is 347 g/mol. The highest BCUT2D eigenvalue weighted by Crippen LogP contribution is 2.36. The molecule has 0 spiro atoms. The number of hydrogen-bond acceptors (Lipinski definition) is 3. The monoisotopic (exact) mass is 361 g/mol. The first-order valence-corrected chi connectivity index (χ1v) is 7.41. The van der Waals surface area contributed by atoms with Crippen LogP contribution in [0.1, 0.15) is 23.6 Å². The van der Waals surface area contributed by atoms with Crippen LogP contribution >= 0.6 is 15.9 Å². The molecule has 1 N–H and O–H groups in total. The average Bonchev–Trinajstić information content (AvgIpc) is 2.45. The summed E-state index contributed by atoms with van der Waals surface area (Å²) in [7, 11) is 0. The van der Waals surface area contributed by atoms with Gasteiger partial charge < -0.3 is 5.32 Å². The largest absolute Gasteiger partial charge is 0.416 e. The molecule has 0 aromatic heterocycles. The van der Waals surface area contributed by atoms with Crippen molar-refractivity contribution in [2.24, 2.45) is 0 Å². The van der Waals surface area contributed by atoms with E-state index in [0.29, 0.717) is 10.0 Å². The van der Waals surface area contributed by atoms with Crippen molar-refractivity contribution in [3.63, 3.8) is 0 Å². The van der Waals surface area contributed by atoms with Gasteiger partial charge in [-0.3, -0.25) is 4.90 Å². The number of nitrogens with one attached hydrogen (secondary N) is 1. The first kappa shape index (κ1) is 16.3. The van der Waals surface area contributed by atoms with E-state index in [-0.39, 0.29) is 12.5 Å². The third kappa shape index (κ3) is 3.96. The fourth-order valence-corrected chi connectivity index (χ4v) is 3.00. The van der Waals surface area contributed by atoms with Crippen LogP contribution in [0.5, 0.6) is 0 Å². The molecule has 1 fully saturated rings. The fraction of sp³-hybridized carbons (Fsp3) is 0.500. The summed E-state index contributed by atoms with van der Waals surface area (Å²) in [5.74, 6) is 0. The van der Waals surface area contributed by atoms with Gasteiger partial charge in [-0.1, -0.05) is 15.9 Å². The summed E-state index contributed by atoms with van der Waals surface area (Å²) < 4.78 is 39.3. The van der Waals surface area contributed by atoms with Gasteiger partial charge in [-0.2, -0.15) is 18.4 Å². The molecule has 1 heterocycles. The Morgan fingerprint density at radius 1 is 1.33 bits per heavy atom. The van der Waals surface area contributed by atoms with E-state index >= 15 is 0 Å². The first-order chi connectivity index (χ1) is 9.93. The van der Waals surface area contributed by atoms with Gasteiger partial charge in [-0.05, 0) is 23.8 Å². The lowest BCUT2D eigenvalue weighted by Crippen LogP contribution is -2.45. The molecular formula is C14H15BrF3N3. The van der Waals surface area contributed by atoms with Gasteiger partial charge in [0.2, 0.25) is 0 Å². The van der Waals surface area contributed by atoms with Gasteiger partial charge in [0.05, 0.1) is 18.1 Å². The molecule has 0 aliphatic carbocycles. The van der Waals surface area contributed by atoms with E-state index in [4.69, 9.17) is 5.26 Å². The van der Waals surface area contributed by atoms with Crippen LogP contribution in [0.15, 0.2) is 22.7 Å². The van der Waals surface area contributed by atoms with Gasteiger partial charge in [-0.25, -0.2) is 0 Å². The highest BCUT2D eigenvalue weighted by atomic mass is 79.9. The Balaban J connectivity index is 2.37. The predicted molar refractivity (Wildman–Crippen MR) is 76.6 cm³/mol. The van der Waals surface area contributed by atoms with Crippen molar-refractivity contribution in [3.8, 4) is 6.07 Å². The molecule has 1 saturated heterocycles. The van der Waals surface area contributed by atoms with Crippen LogP contribution in [0.2, 0.25) is 0 Å². The number of nitriles is 1. The van der Waals surface area contributed by atoms with Gasteiger partial charge >= 0.3 is 6.18 Å². The lowest BCUT2D eigenvalue weighted by atomic mass is 9.99. The van der Waals surface area contributed by atoms with Crippen molar-refractivity contribution in [1.82, 2.24) is 10.2 Å². The van der Waals surface area contributed by atoms with Crippen molar-refractivity contribution in [3.05, 3.63) is 33.8 Å². The van der Waals surface area contributed by atoms with E-state index in [1.165, 1.54) is 6.07 Å². The number of benzene rings is 1. The lowest BCUT2D eigenvalue weighted by molar-refractivity contribution is -0.137. The van der Waals surface area contributed by atoms with E-state index in [2.05, 4.69) is 32.2 Å². The molecule has 114 valence electrons. The zero-order valence-electron chi connectivity index (χ0n) is 11.3. The normalized spacial score (nSPS) is 18.2. The number of piperazine rings is 1. The molecule has 1 aliphatic rings. The summed E-state index contributed by atoms with van der Waals surface area (Å²) >= 11 is 3.32. The zero-order valence-corrected chi connectivity index (χ0v) is 12.8. The minimum atomic E-state index is -4.38. The third-order valence-corrected chi connectivity index (χ3v) is 4.28. The molecule has 1 aromatic carbocycles. The standard InChI is InChI=1S/C14H15BrF3N3/c15-12-2-1-10(14(16,17)18)9-11(12)13(3-4-19)21-7-5-20-6-8-21/h1-2,9,13,20H,3,5-8H2/t13-/m0/s1. The highest BCUT2D eigenvalue weighted by molar-refractivity contribution is 9.10. The number of alkyl halides is 3. The molecule has 0 amide bonds. The van der Waals surface area contributed by atoms with Crippen molar-refractivity contribution in [2.45, 2.75) is 18.6 Å². The van der Waals surface area contributed by atoms with Crippen molar-refractivity contribution < 1.29 is 13.2 Å². The number of rotatable bonds is 3. The second-order valence-electron chi connectivity index (χ2n) is 4.90. The Morgan fingerprint density at radius 2 is 2.00 bits per heavy atom. The van der Waals surface area contributed by atoms with Crippen LogP contribution < -0.4 is 5.32 Å². The zero-order chi connectivity index (χ0) is 15.5. The van der Waals surface area contributed by atoms with E-state index in [0.717, 1.165) is 38.3 Å². The maximum Gasteiger partial charge on any atom is 0.416 e. The SMILES string of the molecule is N#CC[C@@H](c1cc(C(F)(F)F)ccc1Br)N1CCNCC1. The van der Waals surface area contributed by atoms with Crippen LogP contribution in [0.25, 0.3) is 0 Å². The number of nitrogens with zero attached hydrogens (tertiary/aromatic N) is 2. The number of hydrogen-bond donors (Lipinski definition) is 1. The Hall–Kier alpha value is -1.10. The lowest BCUT2D eigenvalue weighted by Gasteiger charge is -2.34. The molecule has 1 aliphatic heterocycles. The summed E-state index contributed by atoms with van der Waals surface area (Å²) in [6, 6.07) is 5.36. The maximum atomic E-state index is 12.9. The molecule has 1 aromatic rings. The van der Waals surface area contributed by atoms with E-state index in [9.17, 15) is 13.2 Å². The van der Waals surface area contributed by atoms with Crippen LogP contribution in [0.4, 0.5) is 13.2 Å². The third-order valence-electron chi connectivity index (χ3n) is 3.56. The predicted octanol–water partition coefficient (Wildman–Crippen LogP) is 3.33. The highest BCUT2D eigenvalue weighted by Gasteiger charge is 2.32. The van der Waals surface area contributed by atoms with Crippen LogP contribution in [-0.2, 0) is 6.18 Å². The topological polar surface area (TPSA) is 39.1 Å². The van der Waals surface area contributed by atoms with Gasteiger partial charge in [0.15, 0.2) is 0 Å². The molecule has 0 radical (unpaired) electrons. The minimum absolute atomic E-state index is 0.167. The van der Waals surface area contributed by atoms with Gasteiger partial charge in [0.1, 0.15) is 0 Å². The van der Waals surface area contributed by atoms with E-state index < -0.39 is 11.7 Å². The molecule has 2 rings (SSSR count). The van der Waals surface area contributed by atoms with Crippen molar-refractivity contribution >= 4 is 15.9 Å². The molecule has 1 atom stereocenters. The van der Waals surface area contributed by atoms with Crippen LogP contribution in [0.3, 0.4) is 0 Å². The summed E-state index contributed by atoms with van der Waals surface area (Å²) in [4.78, 5) is 2.06. The second kappa shape index (κ2) is 6.77. The van der Waals surface area contributed by atoms with Gasteiger partial charge in [0, 0.05) is 36.7 Å². The average molecular weight is 362 g/mol.